The van der Waals surface area contributed by atoms with Crippen molar-refractivity contribution in [3.63, 3.8) is 0 Å². The van der Waals surface area contributed by atoms with Crippen molar-refractivity contribution in [1.82, 2.24) is 4.90 Å². The molecule has 2 aromatic carbocycles. The zero-order valence-corrected chi connectivity index (χ0v) is 16.5. The van der Waals surface area contributed by atoms with Crippen molar-refractivity contribution in [3.8, 4) is 11.5 Å². The SMILES string of the molecule is CCCN1C(=O)/C(=C\c2cc(OC)ccc2OC)SC1=Nc1ccccc1. The third kappa shape index (κ3) is 4.34. The molecule has 5 nitrogen and oxygen atoms in total. The van der Waals surface area contributed by atoms with E-state index >= 15 is 0 Å². The van der Waals surface area contributed by atoms with Crippen LogP contribution >= 0.6 is 11.8 Å². The summed E-state index contributed by atoms with van der Waals surface area (Å²) in [5.74, 6) is 1.36. The molecule has 6 heteroatoms. The topological polar surface area (TPSA) is 51.1 Å². The molecule has 1 saturated heterocycles. The van der Waals surface area contributed by atoms with Gasteiger partial charge in [0.2, 0.25) is 0 Å². The number of amidine groups is 1. The van der Waals surface area contributed by atoms with Gasteiger partial charge < -0.3 is 9.47 Å². The number of hydrogen-bond acceptors (Lipinski definition) is 5. The summed E-state index contributed by atoms with van der Waals surface area (Å²) >= 11 is 1.38. The van der Waals surface area contributed by atoms with Gasteiger partial charge in [-0.2, -0.15) is 0 Å². The Balaban J connectivity index is 1.98. The zero-order chi connectivity index (χ0) is 19.2. The second-order valence-electron chi connectivity index (χ2n) is 5.91. The largest absolute Gasteiger partial charge is 0.497 e. The van der Waals surface area contributed by atoms with Gasteiger partial charge in [-0.3, -0.25) is 9.69 Å². The molecule has 0 bridgehead atoms. The number of para-hydroxylation sites is 1. The Hall–Kier alpha value is -2.73. The monoisotopic (exact) mass is 382 g/mol. The third-order valence-electron chi connectivity index (χ3n) is 4.04. The molecular weight excluding hydrogens is 360 g/mol. The first kappa shape index (κ1) is 19.0. The van der Waals surface area contributed by atoms with Crippen LogP contribution in [0.5, 0.6) is 11.5 Å². The zero-order valence-electron chi connectivity index (χ0n) is 15.6. The summed E-state index contributed by atoms with van der Waals surface area (Å²) in [7, 11) is 3.22. The Morgan fingerprint density at radius 2 is 1.89 bits per heavy atom. The Morgan fingerprint density at radius 3 is 2.56 bits per heavy atom. The van der Waals surface area contributed by atoms with Crippen molar-refractivity contribution < 1.29 is 14.3 Å². The maximum absolute atomic E-state index is 12.9. The summed E-state index contributed by atoms with van der Waals surface area (Å²) in [5, 5.41) is 0.696. The minimum Gasteiger partial charge on any atom is -0.497 e. The number of carbonyl (C=O) groups is 1. The predicted molar refractivity (Wildman–Crippen MR) is 111 cm³/mol. The number of ether oxygens (including phenoxy) is 2. The molecule has 1 aliphatic heterocycles. The van der Waals surface area contributed by atoms with Crippen LogP contribution in [0.4, 0.5) is 5.69 Å². The van der Waals surface area contributed by atoms with Crippen LogP contribution in [-0.2, 0) is 4.79 Å². The Bertz CT molecular complexity index is 878. The van der Waals surface area contributed by atoms with E-state index in [1.54, 1.807) is 19.1 Å². The highest BCUT2D eigenvalue weighted by Crippen LogP contribution is 2.36. The first-order valence-corrected chi connectivity index (χ1v) is 9.55. The first-order valence-electron chi connectivity index (χ1n) is 8.73. The Morgan fingerprint density at radius 1 is 1.11 bits per heavy atom. The van der Waals surface area contributed by atoms with Gasteiger partial charge in [-0.1, -0.05) is 25.1 Å². The number of hydrogen-bond donors (Lipinski definition) is 0. The quantitative estimate of drug-likeness (QED) is 0.679. The van der Waals surface area contributed by atoms with Crippen molar-refractivity contribution in [3.05, 3.63) is 59.0 Å². The van der Waals surface area contributed by atoms with Crippen LogP contribution < -0.4 is 9.47 Å². The molecule has 0 unspecified atom stereocenters. The number of carbonyl (C=O) groups excluding carboxylic acids is 1. The fraction of sp³-hybridized carbons (Fsp3) is 0.238. The first-order chi connectivity index (χ1) is 13.2. The van der Waals surface area contributed by atoms with E-state index in [0.29, 0.717) is 28.1 Å². The Labute approximate surface area is 163 Å². The van der Waals surface area contributed by atoms with Gasteiger partial charge in [0.15, 0.2) is 5.17 Å². The maximum Gasteiger partial charge on any atom is 0.266 e. The summed E-state index contributed by atoms with van der Waals surface area (Å²) in [6.45, 7) is 2.68. The lowest BCUT2D eigenvalue weighted by atomic mass is 10.1. The maximum atomic E-state index is 12.9. The minimum atomic E-state index is -0.0404. The second kappa shape index (κ2) is 8.77. The van der Waals surface area contributed by atoms with Crippen LogP contribution in [0.25, 0.3) is 6.08 Å². The highest BCUT2D eigenvalue weighted by Gasteiger charge is 2.33. The molecule has 0 radical (unpaired) electrons. The van der Waals surface area contributed by atoms with Crippen molar-refractivity contribution in [2.75, 3.05) is 20.8 Å². The number of nitrogens with zero attached hydrogens (tertiary/aromatic N) is 2. The van der Waals surface area contributed by atoms with Crippen molar-refractivity contribution in [2.45, 2.75) is 13.3 Å². The molecule has 1 fully saturated rings. The molecule has 3 rings (SSSR count). The molecule has 1 heterocycles. The lowest BCUT2D eigenvalue weighted by molar-refractivity contribution is -0.122. The fourth-order valence-electron chi connectivity index (χ4n) is 2.72. The molecule has 0 N–H and O–H groups in total. The molecule has 0 atom stereocenters. The lowest BCUT2D eigenvalue weighted by Crippen LogP contribution is -2.29. The smallest absolute Gasteiger partial charge is 0.266 e. The van der Waals surface area contributed by atoms with Crippen LogP contribution in [0.3, 0.4) is 0 Å². The van der Waals surface area contributed by atoms with E-state index in [9.17, 15) is 4.79 Å². The highest BCUT2D eigenvalue weighted by molar-refractivity contribution is 8.18. The van der Waals surface area contributed by atoms with Gasteiger partial charge in [-0.05, 0) is 54.6 Å². The molecule has 2 aromatic rings. The van der Waals surface area contributed by atoms with Crippen molar-refractivity contribution in [1.29, 1.82) is 0 Å². The van der Waals surface area contributed by atoms with Gasteiger partial charge in [0.25, 0.3) is 5.91 Å². The molecule has 140 valence electrons. The van der Waals surface area contributed by atoms with Crippen LogP contribution in [0.2, 0.25) is 0 Å². The molecule has 0 aliphatic carbocycles. The normalized spacial score (nSPS) is 17.0. The molecule has 0 aromatic heterocycles. The summed E-state index contributed by atoms with van der Waals surface area (Å²) < 4.78 is 10.7. The van der Waals surface area contributed by atoms with Gasteiger partial charge in [0.1, 0.15) is 11.5 Å². The standard InChI is InChI=1S/C21H22N2O3S/c1-4-12-23-20(24)19(27-21(23)22-16-8-6-5-7-9-16)14-15-13-17(25-2)10-11-18(15)26-3/h5-11,13-14H,4,12H2,1-3H3/b19-14+,22-21?. The van der Waals surface area contributed by atoms with E-state index < -0.39 is 0 Å². The summed E-state index contributed by atoms with van der Waals surface area (Å²) in [6, 6.07) is 15.2. The number of aliphatic imine (C=N–C) groups is 1. The van der Waals surface area contributed by atoms with Crippen LogP contribution in [-0.4, -0.2) is 36.7 Å². The molecular formula is C21H22N2O3S. The third-order valence-corrected chi connectivity index (χ3v) is 5.05. The average molecular weight is 382 g/mol. The van der Waals surface area contributed by atoms with Crippen molar-refractivity contribution in [2.24, 2.45) is 4.99 Å². The Kier molecular flexibility index (Phi) is 6.19. The number of thioether (sulfide) groups is 1. The molecule has 27 heavy (non-hydrogen) atoms. The second-order valence-corrected chi connectivity index (χ2v) is 6.91. The van der Waals surface area contributed by atoms with E-state index in [1.807, 2.05) is 61.5 Å². The number of amides is 1. The van der Waals surface area contributed by atoms with E-state index in [4.69, 9.17) is 9.47 Å². The van der Waals surface area contributed by atoms with Gasteiger partial charge >= 0.3 is 0 Å². The van der Waals surface area contributed by atoms with Crippen LogP contribution in [0.15, 0.2) is 58.4 Å². The number of methoxy groups -OCH3 is 2. The van der Waals surface area contributed by atoms with E-state index in [1.165, 1.54) is 11.8 Å². The highest BCUT2D eigenvalue weighted by atomic mass is 32.2. The summed E-state index contributed by atoms with van der Waals surface area (Å²) in [6.07, 6.45) is 2.69. The number of benzene rings is 2. The fourth-order valence-corrected chi connectivity index (χ4v) is 3.73. The molecule has 0 spiro atoms. The average Bonchev–Trinajstić information content (AvgIpc) is 2.98. The van der Waals surface area contributed by atoms with Gasteiger partial charge in [-0.15, -0.1) is 0 Å². The van der Waals surface area contributed by atoms with Gasteiger partial charge in [0.05, 0.1) is 24.8 Å². The van der Waals surface area contributed by atoms with Gasteiger partial charge in [-0.25, -0.2) is 4.99 Å². The van der Waals surface area contributed by atoms with E-state index in [-0.39, 0.29) is 5.91 Å². The molecule has 1 aliphatic rings. The minimum absolute atomic E-state index is 0.0404. The van der Waals surface area contributed by atoms with Crippen molar-refractivity contribution >= 4 is 34.6 Å². The van der Waals surface area contributed by atoms with E-state index in [2.05, 4.69) is 4.99 Å². The predicted octanol–water partition coefficient (Wildman–Crippen LogP) is 4.72. The van der Waals surface area contributed by atoms with E-state index in [0.717, 1.165) is 17.7 Å². The van der Waals surface area contributed by atoms with Crippen LogP contribution in [0.1, 0.15) is 18.9 Å². The van der Waals surface area contributed by atoms with Crippen LogP contribution in [0, 0.1) is 0 Å². The van der Waals surface area contributed by atoms with Gasteiger partial charge in [0, 0.05) is 12.1 Å². The lowest BCUT2D eigenvalue weighted by Gasteiger charge is -2.13. The number of rotatable bonds is 6. The summed E-state index contributed by atoms with van der Waals surface area (Å²) in [5.41, 5.74) is 1.62. The summed E-state index contributed by atoms with van der Waals surface area (Å²) in [4.78, 5) is 20.0. The molecule has 0 saturated carbocycles. The molecule has 1 amide bonds.